The van der Waals surface area contributed by atoms with Gasteiger partial charge in [0.05, 0.1) is 5.56 Å². The Morgan fingerprint density at radius 3 is 2.65 bits per heavy atom. The zero-order valence-electron chi connectivity index (χ0n) is 11.7. The Kier molecular flexibility index (Phi) is 4.27. The number of aryl methyl sites for hydroxylation is 1. The van der Waals surface area contributed by atoms with Crippen LogP contribution in [-0.2, 0) is 4.74 Å². The summed E-state index contributed by atoms with van der Waals surface area (Å²) in [5.41, 5.74) is 1.45. The molecular formula is C15H19NO4. The van der Waals surface area contributed by atoms with Crippen molar-refractivity contribution in [1.82, 2.24) is 4.90 Å². The van der Waals surface area contributed by atoms with E-state index in [1.807, 2.05) is 26.0 Å². The highest BCUT2D eigenvalue weighted by molar-refractivity contribution is 5.91. The molecule has 1 aliphatic rings. The Bertz CT molecular complexity index is 514. The molecule has 2 unspecified atom stereocenters. The van der Waals surface area contributed by atoms with Gasteiger partial charge in [0, 0.05) is 25.4 Å². The highest BCUT2D eigenvalue weighted by atomic mass is 16.5. The summed E-state index contributed by atoms with van der Waals surface area (Å²) >= 11 is 0. The summed E-state index contributed by atoms with van der Waals surface area (Å²) < 4.78 is 5.50. The van der Waals surface area contributed by atoms with E-state index in [0.717, 1.165) is 5.56 Å². The van der Waals surface area contributed by atoms with E-state index < -0.39 is 6.09 Å². The Hall–Kier alpha value is -2.04. The van der Waals surface area contributed by atoms with Crippen molar-refractivity contribution in [3.05, 3.63) is 35.4 Å². The number of carbonyl (C=O) groups excluding carboxylic acids is 1. The minimum atomic E-state index is -0.916. The van der Waals surface area contributed by atoms with Crippen LogP contribution < -0.4 is 0 Å². The average molecular weight is 277 g/mol. The van der Waals surface area contributed by atoms with E-state index in [2.05, 4.69) is 0 Å². The molecule has 5 heteroatoms. The first-order valence-corrected chi connectivity index (χ1v) is 6.75. The number of carboxylic acid groups (broad SMARTS) is 1. The number of hydrogen-bond acceptors (Lipinski definition) is 3. The molecule has 0 aromatic heterocycles. The summed E-state index contributed by atoms with van der Waals surface area (Å²) in [7, 11) is 0. The lowest BCUT2D eigenvalue weighted by Gasteiger charge is -2.35. The Labute approximate surface area is 118 Å². The SMILES string of the molecule is Cc1ccccc1C(=O)OC1CCN(C(=O)O)C(C)C1. The van der Waals surface area contributed by atoms with Crippen LogP contribution in [0, 0.1) is 6.92 Å². The summed E-state index contributed by atoms with van der Waals surface area (Å²) in [5.74, 6) is -0.330. The fraction of sp³-hybridized carbons (Fsp3) is 0.467. The summed E-state index contributed by atoms with van der Waals surface area (Å²) in [5, 5.41) is 9.01. The maximum Gasteiger partial charge on any atom is 0.407 e. The van der Waals surface area contributed by atoms with Gasteiger partial charge in [0.2, 0.25) is 0 Å². The van der Waals surface area contributed by atoms with Gasteiger partial charge in [0.15, 0.2) is 0 Å². The lowest BCUT2D eigenvalue weighted by atomic mass is 10.0. The molecule has 2 rings (SSSR count). The number of piperidine rings is 1. The van der Waals surface area contributed by atoms with Crippen LogP contribution in [0.25, 0.3) is 0 Å². The fourth-order valence-electron chi connectivity index (χ4n) is 2.54. The van der Waals surface area contributed by atoms with Crippen LogP contribution in [-0.4, -0.2) is 40.8 Å². The average Bonchev–Trinajstić information content (AvgIpc) is 2.38. The van der Waals surface area contributed by atoms with Gasteiger partial charge in [-0.1, -0.05) is 18.2 Å². The number of hydrogen-bond donors (Lipinski definition) is 1. The smallest absolute Gasteiger partial charge is 0.407 e. The van der Waals surface area contributed by atoms with Crippen molar-refractivity contribution in [3.8, 4) is 0 Å². The molecule has 1 aromatic rings. The molecule has 2 atom stereocenters. The molecule has 0 spiro atoms. The molecule has 20 heavy (non-hydrogen) atoms. The second-order valence-corrected chi connectivity index (χ2v) is 5.19. The molecular weight excluding hydrogens is 258 g/mol. The number of ether oxygens (including phenoxy) is 1. The molecule has 0 saturated carbocycles. The van der Waals surface area contributed by atoms with Gasteiger partial charge in [0.1, 0.15) is 6.10 Å². The molecule has 5 nitrogen and oxygen atoms in total. The van der Waals surface area contributed by atoms with E-state index in [9.17, 15) is 9.59 Å². The summed E-state index contributed by atoms with van der Waals surface area (Å²) in [6.07, 6.45) is -0.0352. The van der Waals surface area contributed by atoms with E-state index in [4.69, 9.17) is 9.84 Å². The fourth-order valence-corrected chi connectivity index (χ4v) is 2.54. The van der Waals surface area contributed by atoms with Gasteiger partial charge in [0.25, 0.3) is 0 Å². The first-order chi connectivity index (χ1) is 9.49. The summed E-state index contributed by atoms with van der Waals surface area (Å²) in [4.78, 5) is 24.5. The van der Waals surface area contributed by atoms with Crippen LogP contribution in [0.4, 0.5) is 4.79 Å². The largest absolute Gasteiger partial charge is 0.465 e. The lowest BCUT2D eigenvalue weighted by molar-refractivity contribution is 0.00272. The van der Waals surface area contributed by atoms with Crippen molar-refractivity contribution in [2.75, 3.05) is 6.54 Å². The highest BCUT2D eigenvalue weighted by Gasteiger charge is 2.30. The van der Waals surface area contributed by atoms with Crippen LogP contribution >= 0.6 is 0 Å². The standard InChI is InChI=1S/C15H19NO4/c1-10-5-3-4-6-13(10)14(17)20-12-7-8-16(15(18)19)11(2)9-12/h3-6,11-12H,7-9H2,1-2H3,(H,18,19). The minimum absolute atomic E-state index is 0.129. The maximum absolute atomic E-state index is 12.1. The third kappa shape index (κ3) is 3.10. The number of nitrogens with zero attached hydrogens (tertiary/aromatic N) is 1. The second-order valence-electron chi connectivity index (χ2n) is 5.19. The van der Waals surface area contributed by atoms with Gasteiger partial charge in [-0.05, 0) is 25.5 Å². The zero-order valence-corrected chi connectivity index (χ0v) is 11.7. The molecule has 0 bridgehead atoms. The number of benzene rings is 1. The van der Waals surface area contributed by atoms with Crippen molar-refractivity contribution < 1.29 is 19.4 Å². The lowest BCUT2D eigenvalue weighted by Crippen LogP contribution is -2.46. The normalized spacial score (nSPS) is 22.4. The molecule has 1 saturated heterocycles. The zero-order chi connectivity index (χ0) is 14.7. The van der Waals surface area contributed by atoms with Crippen molar-refractivity contribution in [2.45, 2.75) is 38.8 Å². The van der Waals surface area contributed by atoms with E-state index in [1.54, 1.807) is 12.1 Å². The quantitative estimate of drug-likeness (QED) is 0.844. The van der Waals surface area contributed by atoms with Gasteiger partial charge in [-0.25, -0.2) is 9.59 Å². The molecule has 0 radical (unpaired) electrons. The number of rotatable bonds is 2. The summed E-state index contributed by atoms with van der Waals surface area (Å²) in [6.45, 7) is 4.11. The van der Waals surface area contributed by atoms with Crippen LogP contribution in [0.3, 0.4) is 0 Å². The van der Waals surface area contributed by atoms with E-state index in [0.29, 0.717) is 24.9 Å². The number of carbonyl (C=O) groups is 2. The monoisotopic (exact) mass is 277 g/mol. The molecule has 108 valence electrons. The van der Waals surface area contributed by atoms with Gasteiger partial charge in [-0.2, -0.15) is 0 Å². The highest BCUT2D eigenvalue weighted by Crippen LogP contribution is 2.21. The topological polar surface area (TPSA) is 66.8 Å². The van der Waals surface area contributed by atoms with E-state index >= 15 is 0 Å². The number of esters is 1. The second kappa shape index (κ2) is 5.94. The molecule has 1 N–H and O–H groups in total. The third-order valence-corrected chi connectivity index (χ3v) is 3.71. The Morgan fingerprint density at radius 1 is 1.35 bits per heavy atom. The third-order valence-electron chi connectivity index (χ3n) is 3.71. The first kappa shape index (κ1) is 14.4. The van der Waals surface area contributed by atoms with E-state index in [1.165, 1.54) is 4.90 Å². The van der Waals surface area contributed by atoms with Gasteiger partial charge in [-0.3, -0.25) is 0 Å². The minimum Gasteiger partial charge on any atom is -0.465 e. The number of amides is 1. The molecule has 1 aliphatic heterocycles. The molecule has 0 aliphatic carbocycles. The van der Waals surface area contributed by atoms with Crippen molar-refractivity contribution in [2.24, 2.45) is 0 Å². The van der Waals surface area contributed by atoms with E-state index in [-0.39, 0.29) is 18.1 Å². The van der Waals surface area contributed by atoms with Gasteiger partial charge >= 0.3 is 12.1 Å². The first-order valence-electron chi connectivity index (χ1n) is 6.75. The molecule has 1 heterocycles. The predicted octanol–water partition coefficient (Wildman–Crippen LogP) is 2.68. The van der Waals surface area contributed by atoms with Crippen LogP contribution in [0.2, 0.25) is 0 Å². The van der Waals surface area contributed by atoms with Crippen molar-refractivity contribution in [1.29, 1.82) is 0 Å². The molecule has 1 amide bonds. The van der Waals surface area contributed by atoms with Gasteiger partial charge < -0.3 is 14.7 Å². The van der Waals surface area contributed by atoms with Crippen LogP contribution in [0.15, 0.2) is 24.3 Å². The summed E-state index contributed by atoms with van der Waals surface area (Å²) in [6, 6.07) is 7.16. The Morgan fingerprint density at radius 2 is 2.05 bits per heavy atom. The predicted molar refractivity (Wildman–Crippen MR) is 73.8 cm³/mol. The number of likely N-dealkylation sites (tertiary alicyclic amines) is 1. The van der Waals surface area contributed by atoms with Crippen molar-refractivity contribution in [3.63, 3.8) is 0 Å². The van der Waals surface area contributed by atoms with Gasteiger partial charge in [-0.15, -0.1) is 0 Å². The van der Waals surface area contributed by atoms with Crippen LogP contribution in [0.5, 0.6) is 0 Å². The maximum atomic E-state index is 12.1. The molecule has 1 fully saturated rings. The molecule has 1 aromatic carbocycles. The Balaban J connectivity index is 1.97. The van der Waals surface area contributed by atoms with Crippen LogP contribution in [0.1, 0.15) is 35.7 Å². The van der Waals surface area contributed by atoms with Crippen molar-refractivity contribution >= 4 is 12.1 Å².